The van der Waals surface area contributed by atoms with Gasteiger partial charge in [-0.3, -0.25) is 14.5 Å². The number of carbonyl (C=O) groups is 3. The van der Waals surface area contributed by atoms with E-state index in [1.807, 2.05) is 73.3 Å². The van der Waals surface area contributed by atoms with Gasteiger partial charge in [-0.05, 0) is 37.3 Å². The number of nitrogens with one attached hydrogen (secondary N) is 1. The molecule has 1 N–H and O–H groups in total. The fourth-order valence-electron chi connectivity index (χ4n) is 4.60. The second-order valence-electron chi connectivity index (χ2n) is 8.59. The molecule has 1 atom stereocenters. The third kappa shape index (κ3) is 4.07. The van der Waals surface area contributed by atoms with Crippen LogP contribution in [0.3, 0.4) is 0 Å². The number of carbonyl (C=O) groups excluding carboxylic acids is 3. The number of hydrogen-bond donors (Lipinski definition) is 1. The highest BCUT2D eigenvalue weighted by Crippen LogP contribution is 2.32. The van der Waals surface area contributed by atoms with Gasteiger partial charge in [-0.1, -0.05) is 67.1 Å². The Bertz CT molecular complexity index is 963. The Labute approximate surface area is 183 Å². The largest absolute Gasteiger partial charge is 0.342 e. The fraction of sp³-hybridized carbons (Fsp3) is 0.400. The van der Waals surface area contributed by atoms with E-state index in [4.69, 9.17) is 0 Å². The number of nitrogens with zero attached hydrogens (tertiary/aromatic N) is 2. The molecule has 6 heteroatoms. The van der Waals surface area contributed by atoms with E-state index < -0.39 is 5.54 Å². The first kappa shape index (κ1) is 21.1. The molecule has 0 aromatic heterocycles. The Balaban J connectivity index is 1.42. The second kappa shape index (κ2) is 8.53. The van der Waals surface area contributed by atoms with Crippen molar-refractivity contribution in [2.24, 2.45) is 0 Å². The minimum absolute atomic E-state index is 0.0943. The fourth-order valence-corrected chi connectivity index (χ4v) is 4.60. The standard InChI is InChI=1S/C25H29N3O3/c1-3-21(20-7-5-4-6-8-20)22(29)27-15-13-25(14-16-27)23(30)28(24(31)26-25)17-19-11-9-18(2)10-12-19/h4-12,21H,3,13-17H2,1-2H3,(H,26,31). The minimum Gasteiger partial charge on any atom is -0.342 e. The van der Waals surface area contributed by atoms with Crippen molar-refractivity contribution in [1.82, 2.24) is 15.1 Å². The van der Waals surface area contributed by atoms with Crippen LogP contribution in [0.2, 0.25) is 0 Å². The van der Waals surface area contributed by atoms with Crippen molar-refractivity contribution in [3.8, 4) is 0 Å². The zero-order chi connectivity index (χ0) is 22.0. The Morgan fingerprint density at radius 2 is 1.68 bits per heavy atom. The van der Waals surface area contributed by atoms with Crippen LogP contribution in [0.5, 0.6) is 0 Å². The Morgan fingerprint density at radius 1 is 1.03 bits per heavy atom. The number of hydrogen-bond acceptors (Lipinski definition) is 3. The average molecular weight is 420 g/mol. The number of urea groups is 1. The molecule has 0 bridgehead atoms. The summed E-state index contributed by atoms with van der Waals surface area (Å²) in [5.74, 6) is -0.265. The van der Waals surface area contributed by atoms with Crippen LogP contribution in [0.15, 0.2) is 54.6 Å². The number of aryl methyl sites for hydroxylation is 1. The van der Waals surface area contributed by atoms with Gasteiger partial charge in [0.1, 0.15) is 5.54 Å². The molecule has 0 aliphatic carbocycles. The summed E-state index contributed by atoms with van der Waals surface area (Å²) in [6.07, 6.45) is 1.61. The number of benzene rings is 2. The van der Waals surface area contributed by atoms with Crippen LogP contribution in [0.25, 0.3) is 0 Å². The Morgan fingerprint density at radius 3 is 2.29 bits per heavy atom. The molecule has 6 nitrogen and oxygen atoms in total. The van der Waals surface area contributed by atoms with Crippen LogP contribution in [0, 0.1) is 6.92 Å². The topological polar surface area (TPSA) is 69.7 Å². The molecule has 1 unspecified atom stereocenters. The van der Waals surface area contributed by atoms with Gasteiger partial charge in [-0.15, -0.1) is 0 Å². The van der Waals surface area contributed by atoms with E-state index in [1.165, 1.54) is 4.90 Å². The van der Waals surface area contributed by atoms with E-state index in [2.05, 4.69) is 5.32 Å². The number of rotatable bonds is 5. The van der Waals surface area contributed by atoms with Crippen molar-refractivity contribution in [3.05, 3.63) is 71.3 Å². The first-order chi connectivity index (χ1) is 14.9. The average Bonchev–Trinajstić information content (AvgIpc) is 3.01. The quantitative estimate of drug-likeness (QED) is 0.753. The third-order valence-electron chi connectivity index (χ3n) is 6.54. The molecule has 1 spiro atoms. The molecule has 2 aliphatic heterocycles. The van der Waals surface area contributed by atoms with Crippen LogP contribution >= 0.6 is 0 Å². The molecule has 162 valence electrons. The molecule has 2 fully saturated rings. The van der Waals surface area contributed by atoms with Gasteiger partial charge in [0.15, 0.2) is 0 Å². The summed E-state index contributed by atoms with van der Waals surface area (Å²) in [4.78, 5) is 42.1. The smallest absolute Gasteiger partial charge is 0.325 e. The minimum atomic E-state index is -0.896. The molecule has 0 saturated carbocycles. The van der Waals surface area contributed by atoms with E-state index in [1.54, 1.807) is 0 Å². The van der Waals surface area contributed by atoms with Crippen LogP contribution in [-0.4, -0.2) is 46.3 Å². The molecule has 2 aromatic rings. The van der Waals surface area contributed by atoms with E-state index >= 15 is 0 Å². The first-order valence-electron chi connectivity index (χ1n) is 11.0. The molecule has 2 aromatic carbocycles. The summed E-state index contributed by atoms with van der Waals surface area (Å²) in [6.45, 7) is 5.22. The molecule has 2 saturated heterocycles. The van der Waals surface area contributed by atoms with Gasteiger partial charge < -0.3 is 10.2 Å². The maximum Gasteiger partial charge on any atom is 0.325 e. The lowest BCUT2D eigenvalue weighted by molar-refractivity contribution is -0.139. The molecule has 2 aliphatic rings. The first-order valence-corrected chi connectivity index (χ1v) is 11.0. The Hall–Kier alpha value is -3.15. The van der Waals surface area contributed by atoms with E-state index in [9.17, 15) is 14.4 Å². The van der Waals surface area contributed by atoms with E-state index in [0.29, 0.717) is 25.9 Å². The predicted molar refractivity (Wildman–Crippen MR) is 118 cm³/mol. The lowest BCUT2D eigenvalue weighted by Gasteiger charge is -2.38. The summed E-state index contributed by atoms with van der Waals surface area (Å²) in [5.41, 5.74) is 2.18. The highest BCUT2D eigenvalue weighted by Gasteiger charge is 2.52. The summed E-state index contributed by atoms with van der Waals surface area (Å²) < 4.78 is 0. The van der Waals surface area contributed by atoms with Gasteiger partial charge in [0.05, 0.1) is 12.5 Å². The molecule has 0 radical (unpaired) electrons. The van der Waals surface area contributed by atoms with Gasteiger partial charge in [0, 0.05) is 13.1 Å². The molecule has 31 heavy (non-hydrogen) atoms. The lowest BCUT2D eigenvalue weighted by atomic mass is 9.86. The van der Waals surface area contributed by atoms with Crippen LogP contribution in [0.4, 0.5) is 4.79 Å². The number of likely N-dealkylation sites (tertiary alicyclic amines) is 1. The number of piperidine rings is 1. The molecular formula is C25H29N3O3. The summed E-state index contributed by atoms with van der Waals surface area (Å²) in [5, 5.41) is 2.93. The second-order valence-corrected chi connectivity index (χ2v) is 8.59. The SMILES string of the molecule is CCC(C(=O)N1CCC2(CC1)NC(=O)N(Cc1ccc(C)cc1)C2=O)c1ccccc1. The zero-order valence-electron chi connectivity index (χ0n) is 18.1. The summed E-state index contributed by atoms with van der Waals surface area (Å²) >= 11 is 0. The van der Waals surface area contributed by atoms with E-state index in [0.717, 1.165) is 23.1 Å². The van der Waals surface area contributed by atoms with E-state index in [-0.39, 0.29) is 30.3 Å². The lowest BCUT2D eigenvalue weighted by Crippen LogP contribution is -2.56. The van der Waals surface area contributed by atoms with Crippen molar-refractivity contribution < 1.29 is 14.4 Å². The highest BCUT2D eigenvalue weighted by molar-refractivity contribution is 6.07. The molecule has 4 amide bonds. The molecule has 4 rings (SSSR count). The van der Waals surface area contributed by atoms with Crippen LogP contribution in [-0.2, 0) is 16.1 Å². The van der Waals surface area contributed by atoms with Crippen LogP contribution < -0.4 is 5.32 Å². The van der Waals surface area contributed by atoms with Gasteiger partial charge in [-0.2, -0.15) is 0 Å². The van der Waals surface area contributed by atoms with Crippen molar-refractivity contribution >= 4 is 17.8 Å². The van der Waals surface area contributed by atoms with Crippen LogP contribution in [0.1, 0.15) is 48.8 Å². The van der Waals surface area contributed by atoms with Crippen molar-refractivity contribution in [2.45, 2.75) is 51.1 Å². The highest BCUT2D eigenvalue weighted by atomic mass is 16.2. The van der Waals surface area contributed by atoms with Gasteiger partial charge in [-0.25, -0.2) is 4.79 Å². The molecular weight excluding hydrogens is 390 g/mol. The number of amides is 4. The van der Waals surface area contributed by atoms with Gasteiger partial charge >= 0.3 is 6.03 Å². The maximum absolute atomic E-state index is 13.2. The normalized spacial score (nSPS) is 18.9. The summed E-state index contributed by atoms with van der Waals surface area (Å²) in [6, 6.07) is 17.3. The number of imide groups is 1. The van der Waals surface area contributed by atoms with Crippen molar-refractivity contribution in [2.75, 3.05) is 13.1 Å². The predicted octanol–water partition coefficient (Wildman–Crippen LogP) is 3.60. The van der Waals surface area contributed by atoms with Crippen molar-refractivity contribution in [1.29, 1.82) is 0 Å². The summed E-state index contributed by atoms with van der Waals surface area (Å²) in [7, 11) is 0. The third-order valence-corrected chi connectivity index (χ3v) is 6.54. The van der Waals surface area contributed by atoms with Crippen molar-refractivity contribution in [3.63, 3.8) is 0 Å². The molecule has 2 heterocycles. The van der Waals surface area contributed by atoms with Gasteiger partial charge in [0.25, 0.3) is 5.91 Å². The Kier molecular flexibility index (Phi) is 5.81. The monoisotopic (exact) mass is 419 g/mol. The van der Waals surface area contributed by atoms with Gasteiger partial charge in [0.2, 0.25) is 5.91 Å². The maximum atomic E-state index is 13.2. The zero-order valence-corrected chi connectivity index (χ0v) is 18.1.